The van der Waals surface area contributed by atoms with Gasteiger partial charge in [0.15, 0.2) is 0 Å². The van der Waals surface area contributed by atoms with Gasteiger partial charge in [0, 0.05) is 23.9 Å². The number of nitrogens with zero attached hydrogens (tertiary/aromatic N) is 1. The zero-order chi connectivity index (χ0) is 27.0. The number of hydrogen-bond acceptors (Lipinski definition) is 4. The van der Waals surface area contributed by atoms with Gasteiger partial charge in [-0.2, -0.15) is 0 Å². The first-order chi connectivity index (χ1) is 15.8. The van der Waals surface area contributed by atoms with Crippen molar-refractivity contribution in [2.24, 2.45) is 5.92 Å². The molecule has 0 radical (unpaired) electrons. The Labute approximate surface area is 223 Å². The molecule has 1 saturated heterocycles. The Morgan fingerprint density at radius 3 is 1.86 bits per heavy atom. The summed E-state index contributed by atoms with van der Waals surface area (Å²) in [4.78, 5) is 16.0. The van der Waals surface area contributed by atoms with Crippen molar-refractivity contribution in [1.29, 1.82) is 0 Å². The Bertz CT molecular complexity index is 833. The van der Waals surface area contributed by atoms with E-state index in [9.17, 15) is 9.90 Å². The van der Waals surface area contributed by atoms with Crippen LogP contribution in [0.2, 0.25) is 0 Å². The average Bonchev–Trinajstić information content (AvgIpc) is 2.67. The molecule has 0 aliphatic carbocycles. The smallest absolute Gasteiger partial charge is 0.309 e. The molecular formula is C32H57NO3. The van der Waals surface area contributed by atoms with Gasteiger partial charge in [-0.15, -0.1) is 0 Å². The highest BCUT2D eigenvalue weighted by Gasteiger charge is 2.44. The van der Waals surface area contributed by atoms with E-state index in [2.05, 4.69) is 100 Å². The van der Waals surface area contributed by atoms with E-state index in [1.807, 2.05) is 0 Å². The SMILES string of the molecule is C.CCCCC(Cc1cc(C(C)(C)C)c(O)c(C(C)(C)C)c1)C(=O)OC1CC(C)(C)N(C)C(C)(C)C1. The fourth-order valence-electron chi connectivity index (χ4n) is 5.62. The Hall–Kier alpha value is -1.55. The van der Waals surface area contributed by atoms with Gasteiger partial charge < -0.3 is 9.84 Å². The molecule has 1 unspecified atom stereocenters. The minimum Gasteiger partial charge on any atom is -0.507 e. The maximum absolute atomic E-state index is 13.6. The van der Waals surface area contributed by atoms with Crippen molar-refractivity contribution in [2.45, 2.75) is 150 Å². The number of aromatic hydroxyl groups is 1. The van der Waals surface area contributed by atoms with Crippen LogP contribution in [0.15, 0.2) is 12.1 Å². The largest absolute Gasteiger partial charge is 0.507 e. The van der Waals surface area contributed by atoms with Crippen LogP contribution in [0.25, 0.3) is 0 Å². The number of carbonyl (C=O) groups is 1. The van der Waals surface area contributed by atoms with Gasteiger partial charge in [0.2, 0.25) is 0 Å². The lowest BCUT2D eigenvalue weighted by Gasteiger charge is -2.53. The number of ether oxygens (including phenoxy) is 1. The summed E-state index contributed by atoms with van der Waals surface area (Å²) in [5.74, 6) is 0.144. The Morgan fingerprint density at radius 2 is 1.47 bits per heavy atom. The number of likely N-dealkylation sites (tertiary alicyclic amines) is 1. The third kappa shape index (κ3) is 7.73. The summed E-state index contributed by atoms with van der Waals surface area (Å²) in [5.41, 5.74) is 2.58. The van der Waals surface area contributed by atoms with Crippen LogP contribution in [-0.4, -0.2) is 40.2 Å². The highest BCUT2D eigenvalue weighted by atomic mass is 16.5. The summed E-state index contributed by atoms with van der Waals surface area (Å²) in [7, 11) is 2.17. The number of carbonyl (C=O) groups excluding carboxylic acids is 1. The lowest BCUT2D eigenvalue weighted by molar-refractivity contribution is -0.164. The number of rotatable bonds is 7. The summed E-state index contributed by atoms with van der Waals surface area (Å²) in [6, 6.07) is 4.22. The zero-order valence-corrected chi connectivity index (χ0v) is 24.8. The van der Waals surface area contributed by atoms with Crippen LogP contribution in [-0.2, 0) is 26.8 Å². The van der Waals surface area contributed by atoms with Crippen LogP contribution in [0.5, 0.6) is 5.75 Å². The minimum atomic E-state index is -0.190. The summed E-state index contributed by atoms with van der Waals surface area (Å²) in [6.45, 7) is 23.9. The van der Waals surface area contributed by atoms with Crippen molar-refractivity contribution in [3.63, 3.8) is 0 Å². The van der Waals surface area contributed by atoms with Gasteiger partial charge >= 0.3 is 5.97 Å². The number of phenols is 1. The fraction of sp³-hybridized carbons (Fsp3) is 0.781. The van der Waals surface area contributed by atoms with Gasteiger partial charge in [-0.25, -0.2) is 0 Å². The lowest BCUT2D eigenvalue weighted by atomic mass is 9.77. The maximum Gasteiger partial charge on any atom is 0.309 e. The number of hydrogen-bond donors (Lipinski definition) is 1. The van der Waals surface area contributed by atoms with Crippen LogP contribution in [0.1, 0.15) is 132 Å². The monoisotopic (exact) mass is 503 g/mol. The van der Waals surface area contributed by atoms with Crippen LogP contribution < -0.4 is 0 Å². The molecule has 2 rings (SSSR count). The van der Waals surface area contributed by atoms with Gasteiger partial charge in [-0.1, -0.05) is 80.9 Å². The number of phenolic OH excluding ortho intramolecular Hbond substituents is 1. The minimum absolute atomic E-state index is 0. The number of unbranched alkanes of at least 4 members (excludes halogenated alkanes) is 1. The molecule has 0 aromatic heterocycles. The van der Waals surface area contributed by atoms with Gasteiger partial charge in [0.05, 0.1) is 5.92 Å². The fourth-order valence-corrected chi connectivity index (χ4v) is 5.62. The lowest BCUT2D eigenvalue weighted by Crippen LogP contribution is -2.60. The second-order valence-corrected chi connectivity index (χ2v) is 14.2. The molecule has 208 valence electrons. The molecule has 1 aromatic rings. The van der Waals surface area contributed by atoms with E-state index in [1.54, 1.807) is 0 Å². The molecule has 1 aliphatic heterocycles. The molecular weight excluding hydrogens is 446 g/mol. The highest BCUT2D eigenvalue weighted by Crippen LogP contribution is 2.41. The van der Waals surface area contributed by atoms with Gasteiger partial charge in [0.25, 0.3) is 0 Å². The molecule has 36 heavy (non-hydrogen) atoms. The Kier molecular flexibility index (Phi) is 10.3. The second-order valence-electron chi connectivity index (χ2n) is 14.2. The van der Waals surface area contributed by atoms with Crippen LogP contribution in [0, 0.1) is 5.92 Å². The molecule has 0 saturated carbocycles. The van der Waals surface area contributed by atoms with Crippen molar-refractivity contribution in [2.75, 3.05) is 7.05 Å². The first kappa shape index (κ1) is 32.5. The van der Waals surface area contributed by atoms with Crippen molar-refractivity contribution in [3.8, 4) is 5.75 Å². The predicted molar refractivity (Wildman–Crippen MR) is 154 cm³/mol. The van der Waals surface area contributed by atoms with Gasteiger partial charge in [-0.3, -0.25) is 9.69 Å². The van der Waals surface area contributed by atoms with Crippen molar-refractivity contribution in [1.82, 2.24) is 4.90 Å². The molecule has 1 fully saturated rings. The number of benzene rings is 1. The first-order valence-corrected chi connectivity index (χ1v) is 13.6. The molecule has 1 atom stereocenters. The zero-order valence-electron chi connectivity index (χ0n) is 24.8. The van der Waals surface area contributed by atoms with E-state index < -0.39 is 0 Å². The summed E-state index contributed by atoms with van der Waals surface area (Å²) >= 11 is 0. The first-order valence-electron chi connectivity index (χ1n) is 13.6. The predicted octanol–water partition coefficient (Wildman–Crippen LogP) is 8.17. The van der Waals surface area contributed by atoms with Crippen LogP contribution >= 0.6 is 0 Å². The normalized spacial score (nSPS) is 19.4. The van der Waals surface area contributed by atoms with E-state index in [-0.39, 0.29) is 47.3 Å². The van der Waals surface area contributed by atoms with E-state index in [0.717, 1.165) is 48.8 Å². The van der Waals surface area contributed by atoms with E-state index in [4.69, 9.17) is 4.74 Å². The third-order valence-corrected chi connectivity index (χ3v) is 8.06. The molecule has 0 amide bonds. The van der Waals surface area contributed by atoms with Gasteiger partial charge in [0.1, 0.15) is 11.9 Å². The maximum atomic E-state index is 13.6. The van der Waals surface area contributed by atoms with Crippen molar-refractivity contribution >= 4 is 5.97 Å². The Balaban J connectivity index is 0.00000648. The summed E-state index contributed by atoms with van der Waals surface area (Å²) < 4.78 is 6.25. The highest BCUT2D eigenvalue weighted by molar-refractivity contribution is 5.73. The standard InChI is InChI=1S/C31H53NO3.CH4/c1-13-14-15-22(27(34)35-23-19-30(8,9)32(12)31(10,11)20-23)16-21-17-24(28(2,3)4)26(33)25(18-21)29(5,6)7;/h17-18,22-23,33H,13-16,19-20H2,1-12H3;1H4. The molecule has 4 nitrogen and oxygen atoms in total. The number of esters is 1. The average molecular weight is 504 g/mol. The van der Waals surface area contributed by atoms with Crippen molar-refractivity contribution in [3.05, 3.63) is 28.8 Å². The van der Waals surface area contributed by atoms with E-state index in [1.165, 1.54) is 0 Å². The molecule has 1 aliphatic rings. The van der Waals surface area contributed by atoms with Crippen LogP contribution in [0.4, 0.5) is 0 Å². The molecule has 1 N–H and O–H groups in total. The number of piperidine rings is 1. The molecule has 4 heteroatoms. The third-order valence-electron chi connectivity index (χ3n) is 8.06. The summed E-state index contributed by atoms with van der Waals surface area (Å²) in [5, 5.41) is 11.1. The second kappa shape index (κ2) is 11.5. The quantitative estimate of drug-likeness (QED) is 0.381. The molecule has 0 bridgehead atoms. The van der Waals surface area contributed by atoms with E-state index >= 15 is 0 Å². The van der Waals surface area contributed by atoms with E-state index in [0.29, 0.717) is 12.2 Å². The van der Waals surface area contributed by atoms with Gasteiger partial charge in [-0.05, 0) is 75.1 Å². The molecule has 1 aromatic carbocycles. The molecule has 1 heterocycles. The molecule has 0 spiro atoms. The Morgan fingerprint density at radius 1 is 1.03 bits per heavy atom. The topological polar surface area (TPSA) is 49.8 Å². The summed E-state index contributed by atoms with van der Waals surface area (Å²) in [6.07, 6.45) is 5.15. The van der Waals surface area contributed by atoms with Crippen LogP contribution in [0.3, 0.4) is 0 Å². The van der Waals surface area contributed by atoms with Crippen molar-refractivity contribution < 1.29 is 14.6 Å².